The van der Waals surface area contributed by atoms with Crippen molar-refractivity contribution in [2.75, 3.05) is 17.7 Å². The molecule has 0 saturated carbocycles. The number of rotatable bonds is 7. The first-order chi connectivity index (χ1) is 17.6. The molecule has 0 aliphatic carbocycles. The summed E-state index contributed by atoms with van der Waals surface area (Å²) >= 11 is 0. The van der Waals surface area contributed by atoms with Crippen molar-refractivity contribution in [3.8, 4) is 0 Å². The van der Waals surface area contributed by atoms with Gasteiger partial charge in [-0.1, -0.05) is 19.1 Å². The summed E-state index contributed by atoms with van der Waals surface area (Å²) in [4.78, 5) is 46.8. The van der Waals surface area contributed by atoms with Gasteiger partial charge in [0.25, 0.3) is 5.91 Å². The molecule has 1 saturated heterocycles. The minimum absolute atomic E-state index is 0.225. The quantitative estimate of drug-likeness (QED) is 0.474. The van der Waals surface area contributed by atoms with E-state index in [1.165, 1.54) is 23.2 Å². The Kier molecular flexibility index (Phi) is 7.23. The molecule has 1 fully saturated rings. The van der Waals surface area contributed by atoms with Gasteiger partial charge >= 0.3 is 6.03 Å². The van der Waals surface area contributed by atoms with Crippen LogP contribution in [-0.2, 0) is 23.1 Å². The summed E-state index contributed by atoms with van der Waals surface area (Å²) in [6.07, 6.45) is 3.94. The highest BCUT2D eigenvalue weighted by molar-refractivity contribution is 6.12. The highest BCUT2D eigenvalue weighted by atomic mass is 19.1. The maximum Gasteiger partial charge on any atom is 0.325 e. The number of aromatic nitrogens is 3. The Morgan fingerprint density at radius 1 is 1.24 bits per heavy atom. The number of nitrogen functional groups attached to an aromatic ring is 1. The van der Waals surface area contributed by atoms with Crippen LogP contribution in [0.5, 0.6) is 0 Å². The lowest BCUT2D eigenvalue weighted by molar-refractivity contribution is -0.156. The maximum atomic E-state index is 13.6. The lowest BCUT2D eigenvalue weighted by atomic mass is 9.81. The molecule has 0 radical (unpaired) electrons. The molecule has 37 heavy (non-hydrogen) atoms. The van der Waals surface area contributed by atoms with Crippen LogP contribution in [0.4, 0.5) is 20.7 Å². The van der Waals surface area contributed by atoms with E-state index in [1.807, 2.05) is 6.92 Å². The van der Waals surface area contributed by atoms with Crippen LogP contribution < -0.4 is 16.0 Å². The second-order valence-electron chi connectivity index (χ2n) is 9.24. The third-order valence-corrected chi connectivity index (χ3v) is 6.56. The number of carbonyl (C=O) groups is 3. The number of imide groups is 1. The molecule has 4 amide bonds. The molecule has 2 aromatic heterocycles. The number of halogens is 1. The predicted molar refractivity (Wildman–Crippen MR) is 136 cm³/mol. The summed E-state index contributed by atoms with van der Waals surface area (Å²) in [5.74, 6) is -1.71. The molecular formula is C26H30FN7O3. The van der Waals surface area contributed by atoms with E-state index in [0.717, 1.165) is 10.5 Å². The van der Waals surface area contributed by atoms with Crippen LogP contribution in [0, 0.1) is 18.7 Å². The first-order valence-corrected chi connectivity index (χ1v) is 12.0. The van der Waals surface area contributed by atoms with Crippen molar-refractivity contribution in [2.45, 2.75) is 38.8 Å². The first kappa shape index (κ1) is 25.8. The van der Waals surface area contributed by atoms with E-state index < -0.39 is 35.8 Å². The molecule has 10 nitrogen and oxygen atoms in total. The fourth-order valence-electron chi connectivity index (χ4n) is 4.64. The number of hydrogen-bond donors (Lipinski definition) is 2. The standard InChI is InChI=1S/C26H30FN7O3/c1-5-21(17-6-8-18(27)9-7-17)31-26(37)34-23(25(36)33(4)19-13-29-32(3)14-19)20(24(34)35)11-16-10-15(2)30-22(28)12-16/h6-10,12-14,20-21,23H,5,11H2,1-4H3,(H2,28,30)(H,31,37)/t20-,21?,23+/m1/s1. The number of nitrogens with zero attached hydrogens (tertiary/aromatic N) is 5. The van der Waals surface area contributed by atoms with E-state index in [9.17, 15) is 18.8 Å². The number of likely N-dealkylation sites (N-methyl/N-ethyl adjacent to an activating group) is 1. The van der Waals surface area contributed by atoms with Gasteiger partial charge in [0.2, 0.25) is 5.91 Å². The fourth-order valence-corrected chi connectivity index (χ4v) is 4.64. The number of urea groups is 1. The van der Waals surface area contributed by atoms with Crippen molar-refractivity contribution in [1.29, 1.82) is 0 Å². The van der Waals surface area contributed by atoms with Crippen LogP contribution in [0.25, 0.3) is 0 Å². The SMILES string of the molecule is CCC(NC(=O)N1C(=O)[C@H](Cc2cc(C)nc(N)c2)[C@H]1C(=O)N(C)c1cnn(C)c1)c1ccc(F)cc1. The number of carbonyl (C=O) groups excluding carboxylic acids is 3. The second-order valence-corrected chi connectivity index (χ2v) is 9.24. The second kappa shape index (κ2) is 10.4. The number of likely N-dealkylation sites (tertiary alicyclic amines) is 1. The first-order valence-electron chi connectivity index (χ1n) is 12.0. The summed E-state index contributed by atoms with van der Waals surface area (Å²) < 4.78 is 14.9. The van der Waals surface area contributed by atoms with E-state index >= 15 is 0 Å². The summed E-state index contributed by atoms with van der Waals surface area (Å²) in [6.45, 7) is 3.66. The van der Waals surface area contributed by atoms with Gasteiger partial charge in [0, 0.05) is 26.0 Å². The third-order valence-electron chi connectivity index (χ3n) is 6.56. The largest absolute Gasteiger partial charge is 0.384 e. The van der Waals surface area contributed by atoms with Gasteiger partial charge in [-0.05, 0) is 55.2 Å². The van der Waals surface area contributed by atoms with Gasteiger partial charge in [0.15, 0.2) is 0 Å². The molecule has 1 aliphatic rings. The zero-order valence-electron chi connectivity index (χ0n) is 21.2. The number of β-lactam (4-membered cyclic amide) rings is 1. The molecule has 0 bridgehead atoms. The Labute approximate surface area is 214 Å². The minimum atomic E-state index is -1.03. The van der Waals surface area contributed by atoms with Crippen LogP contribution in [0.1, 0.15) is 36.2 Å². The zero-order chi connectivity index (χ0) is 26.9. The summed E-state index contributed by atoms with van der Waals surface area (Å²) in [5, 5.41) is 6.94. The lowest BCUT2D eigenvalue weighted by Gasteiger charge is -2.46. The van der Waals surface area contributed by atoms with Crippen LogP contribution in [0.2, 0.25) is 0 Å². The normalized spacial score (nSPS) is 17.8. The van der Waals surface area contributed by atoms with Crippen LogP contribution >= 0.6 is 0 Å². The number of amides is 4. The molecule has 0 spiro atoms. The van der Waals surface area contributed by atoms with E-state index in [4.69, 9.17) is 5.73 Å². The maximum absolute atomic E-state index is 13.6. The smallest absolute Gasteiger partial charge is 0.325 e. The molecule has 1 unspecified atom stereocenters. The molecule has 3 N–H and O–H groups in total. The molecule has 194 valence electrons. The average Bonchev–Trinajstić information content (AvgIpc) is 3.29. The predicted octanol–water partition coefficient (Wildman–Crippen LogP) is 2.74. The van der Waals surface area contributed by atoms with Gasteiger partial charge in [-0.3, -0.25) is 19.2 Å². The van der Waals surface area contributed by atoms with Gasteiger partial charge in [-0.15, -0.1) is 0 Å². The molecule has 3 heterocycles. The lowest BCUT2D eigenvalue weighted by Crippen LogP contribution is -2.70. The Hall–Kier alpha value is -4.28. The number of hydrogen-bond acceptors (Lipinski definition) is 6. The third kappa shape index (κ3) is 5.30. The van der Waals surface area contributed by atoms with Gasteiger partial charge in [-0.2, -0.15) is 5.10 Å². The number of anilines is 2. The van der Waals surface area contributed by atoms with E-state index in [-0.39, 0.29) is 12.2 Å². The van der Waals surface area contributed by atoms with Crippen LogP contribution in [0.15, 0.2) is 48.8 Å². The monoisotopic (exact) mass is 507 g/mol. The average molecular weight is 508 g/mol. The van der Waals surface area contributed by atoms with Crippen molar-refractivity contribution in [1.82, 2.24) is 25.0 Å². The van der Waals surface area contributed by atoms with Crippen molar-refractivity contribution in [3.05, 3.63) is 71.4 Å². The Balaban J connectivity index is 1.60. The zero-order valence-corrected chi connectivity index (χ0v) is 21.2. The molecule has 3 aromatic rings. The number of nitrogens with two attached hydrogens (primary N) is 1. The van der Waals surface area contributed by atoms with Crippen molar-refractivity contribution < 1.29 is 18.8 Å². The van der Waals surface area contributed by atoms with E-state index in [2.05, 4.69) is 15.4 Å². The molecular weight excluding hydrogens is 477 g/mol. The minimum Gasteiger partial charge on any atom is -0.384 e. The highest BCUT2D eigenvalue weighted by Crippen LogP contribution is 2.33. The summed E-state index contributed by atoms with van der Waals surface area (Å²) in [7, 11) is 3.31. The highest BCUT2D eigenvalue weighted by Gasteiger charge is 2.55. The number of aryl methyl sites for hydroxylation is 2. The Bertz CT molecular complexity index is 1300. The van der Waals surface area contributed by atoms with Crippen molar-refractivity contribution in [2.24, 2.45) is 13.0 Å². The van der Waals surface area contributed by atoms with Gasteiger partial charge in [0.1, 0.15) is 17.7 Å². The summed E-state index contributed by atoms with van der Waals surface area (Å²) in [5.41, 5.74) is 8.56. The molecule has 1 aliphatic heterocycles. The fraction of sp³-hybridized carbons (Fsp3) is 0.346. The molecule has 11 heteroatoms. The molecule has 1 aromatic carbocycles. The van der Waals surface area contributed by atoms with Crippen molar-refractivity contribution in [3.63, 3.8) is 0 Å². The van der Waals surface area contributed by atoms with E-state index in [0.29, 0.717) is 29.2 Å². The van der Waals surface area contributed by atoms with Crippen LogP contribution in [0.3, 0.4) is 0 Å². The Morgan fingerprint density at radius 3 is 2.54 bits per heavy atom. The number of nitrogens with one attached hydrogen (secondary N) is 1. The van der Waals surface area contributed by atoms with Gasteiger partial charge < -0.3 is 16.0 Å². The molecule has 4 rings (SSSR count). The van der Waals surface area contributed by atoms with Crippen molar-refractivity contribution >= 4 is 29.4 Å². The van der Waals surface area contributed by atoms with Gasteiger partial charge in [0.05, 0.1) is 23.8 Å². The van der Waals surface area contributed by atoms with Crippen LogP contribution in [-0.4, -0.2) is 50.6 Å². The van der Waals surface area contributed by atoms with E-state index in [1.54, 1.807) is 56.2 Å². The van der Waals surface area contributed by atoms with Gasteiger partial charge in [-0.25, -0.2) is 14.2 Å². The Morgan fingerprint density at radius 2 is 1.95 bits per heavy atom. The molecule has 3 atom stereocenters. The topological polar surface area (TPSA) is 126 Å². The summed E-state index contributed by atoms with van der Waals surface area (Å²) in [6, 6.07) is 7.09. The number of pyridine rings is 1. The number of benzene rings is 1.